The van der Waals surface area contributed by atoms with Crippen LogP contribution in [0.3, 0.4) is 0 Å². The van der Waals surface area contributed by atoms with E-state index in [1.165, 1.54) is 19.3 Å². The van der Waals surface area contributed by atoms with Crippen LogP contribution in [-0.2, 0) is 22.0 Å². The fraction of sp³-hybridized carbons (Fsp3) is 0.682. The van der Waals surface area contributed by atoms with E-state index in [1.54, 1.807) is 0 Å². The lowest BCUT2D eigenvalue weighted by Crippen LogP contribution is -2.18. The van der Waals surface area contributed by atoms with Crippen molar-refractivity contribution in [1.82, 2.24) is 0 Å². The monoisotopic (exact) mass is 384 g/mol. The molecule has 0 radical (unpaired) electrons. The number of rotatable bonds is 6. The molecule has 0 saturated heterocycles. The van der Waals surface area contributed by atoms with Gasteiger partial charge in [0.2, 0.25) is 0 Å². The van der Waals surface area contributed by atoms with Crippen molar-refractivity contribution >= 4 is 17.6 Å². The van der Waals surface area contributed by atoms with Crippen molar-refractivity contribution in [2.24, 2.45) is 0 Å². The Morgan fingerprint density at radius 3 is 1.73 bits per heavy atom. The number of aromatic hydroxyl groups is 1. The summed E-state index contributed by atoms with van der Waals surface area (Å²) in [5, 5.41) is 19.4. The first-order chi connectivity index (χ1) is 11.8. The van der Waals surface area contributed by atoms with Gasteiger partial charge in [0.25, 0.3) is 0 Å². The van der Waals surface area contributed by atoms with E-state index < -0.39 is 5.97 Å². The summed E-state index contributed by atoms with van der Waals surface area (Å²) in [6.07, 6.45) is 4.33. The quantitative estimate of drug-likeness (QED) is 0.439. The Kier molecular flexibility index (Phi) is 10.3. The molecule has 2 N–H and O–H groups in total. The van der Waals surface area contributed by atoms with Crippen LogP contribution < -0.4 is 0 Å². The van der Waals surface area contributed by atoms with Crippen LogP contribution in [0.1, 0.15) is 90.8 Å². The second kappa shape index (κ2) is 10.8. The zero-order chi connectivity index (χ0) is 20.5. The molecule has 1 aromatic rings. The summed E-state index contributed by atoms with van der Waals surface area (Å²) >= 11 is 5.38. The Morgan fingerprint density at radius 2 is 1.46 bits per heavy atom. The van der Waals surface area contributed by atoms with Gasteiger partial charge in [0.15, 0.2) is 0 Å². The molecule has 0 aliphatic carbocycles. The molecule has 1 rings (SSSR count). The molecule has 0 spiro atoms. The molecule has 0 fully saturated rings. The number of phenols is 1. The van der Waals surface area contributed by atoms with Crippen molar-refractivity contribution in [3.05, 3.63) is 28.8 Å². The lowest BCUT2D eigenvalue weighted by molar-refractivity contribution is -0.136. The minimum atomic E-state index is -0.798. The number of aryl methyl sites for hydroxylation is 1. The van der Waals surface area contributed by atoms with Gasteiger partial charge in [-0.2, -0.15) is 0 Å². The Balaban J connectivity index is 0.000000896. The Labute approximate surface area is 164 Å². The van der Waals surface area contributed by atoms with Crippen molar-refractivity contribution in [3.63, 3.8) is 0 Å². The molecular formula is C22H37ClO3. The van der Waals surface area contributed by atoms with Crippen LogP contribution in [0, 0.1) is 0 Å². The standard InChI is InChI=1S/C17H26O3.C5H11Cl/c1-16(2,3)12-9-11(7-8-14(18)19)10-13(15(12)20)17(4,5)6;1-2-3-4-5-6/h9-10,20H,7-8H2,1-6H3,(H,18,19);2-5H2,1H3. The number of phenolic OH excluding ortho intramolecular Hbond substituents is 1. The fourth-order valence-corrected chi connectivity index (χ4v) is 2.77. The van der Waals surface area contributed by atoms with E-state index in [0.29, 0.717) is 12.2 Å². The van der Waals surface area contributed by atoms with E-state index >= 15 is 0 Å². The van der Waals surface area contributed by atoms with Gasteiger partial charge >= 0.3 is 5.97 Å². The number of benzene rings is 1. The van der Waals surface area contributed by atoms with Crippen LogP contribution in [0.5, 0.6) is 5.75 Å². The molecule has 0 bridgehead atoms. The molecule has 0 aliphatic rings. The van der Waals surface area contributed by atoms with E-state index in [9.17, 15) is 9.90 Å². The molecule has 3 nitrogen and oxygen atoms in total. The largest absolute Gasteiger partial charge is 0.507 e. The van der Waals surface area contributed by atoms with Gasteiger partial charge < -0.3 is 10.2 Å². The topological polar surface area (TPSA) is 57.5 Å². The molecule has 0 amide bonds. The zero-order valence-corrected chi connectivity index (χ0v) is 18.3. The summed E-state index contributed by atoms with van der Waals surface area (Å²) in [5.41, 5.74) is 2.38. The van der Waals surface area contributed by atoms with Gasteiger partial charge in [-0.1, -0.05) is 73.4 Å². The number of carboxylic acid groups (broad SMARTS) is 1. The number of halogens is 1. The van der Waals surface area contributed by atoms with Crippen molar-refractivity contribution in [2.75, 3.05) is 5.88 Å². The average Bonchev–Trinajstić information content (AvgIpc) is 2.50. The number of carbonyl (C=O) groups is 1. The highest BCUT2D eigenvalue weighted by Gasteiger charge is 2.26. The smallest absolute Gasteiger partial charge is 0.303 e. The highest BCUT2D eigenvalue weighted by atomic mass is 35.5. The first-order valence-electron chi connectivity index (χ1n) is 9.49. The predicted octanol–water partition coefficient (Wildman–Crippen LogP) is 6.42. The molecule has 0 atom stereocenters. The summed E-state index contributed by atoms with van der Waals surface area (Å²) in [6, 6.07) is 3.88. The van der Waals surface area contributed by atoms with Gasteiger partial charge in [0.05, 0.1) is 0 Å². The number of carboxylic acids is 1. The van der Waals surface area contributed by atoms with Gasteiger partial charge in [-0.3, -0.25) is 4.79 Å². The first-order valence-corrected chi connectivity index (χ1v) is 10.0. The highest BCUT2D eigenvalue weighted by Crippen LogP contribution is 2.39. The van der Waals surface area contributed by atoms with Crippen molar-refractivity contribution in [3.8, 4) is 5.75 Å². The summed E-state index contributed by atoms with van der Waals surface area (Å²) in [4.78, 5) is 10.8. The molecule has 1 aromatic carbocycles. The average molecular weight is 385 g/mol. The maximum atomic E-state index is 10.8. The van der Waals surface area contributed by atoms with Crippen LogP contribution in [0.25, 0.3) is 0 Å². The Hall–Kier alpha value is -1.22. The second-order valence-corrected chi connectivity index (χ2v) is 9.21. The first kappa shape index (κ1) is 24.8. The number of hydrogen-bond donors (Lipinski definition) is 2. The minimum Gasteiger partial charge on any atom is -0.507 e. The summed E-state index contributed by atoms with van der Waals surface area (Å²) < 4.78 is 0. The Bertz CT molecular complexity index is 527. The third kappa shape index (κ3) is 8.93. The van der Waals surface area contributed by atoms with Gasteiger partial charge in [0, 0.05) is 12.3 Å². The zero-order valence-electron chi connectivity index (χ0n) is 17.6. The van der Waals surface area contributed by atoms with Crippen LogP contribution in [0.2, 0.25) is 0 Å². The number of aliphatic carboxylic acids is 1. The molecule has 0 heterocycles. The minimum absolute atomic E-state index is 0.109. The highest BCUT2D eigenvalue weighted by molar-refractivity contribution is 6.17. The van der Waals surface area contributed by atoms with Crippen LogP contribution >= 0.6 is 11.6 Å². The third-order valence-corrected chi connectivity index (χ3v) is 4.42. The predicted molar refractivity (Wildman–Crippen MR) is 112 cm³/mol. The summed E-state index contributed by atoms with van der Waals surface area (Å²) in [6.45, 7) is 14.5. The molecule has 0 saturated carbocycles. The number of unbranched alkanes of at least 4 members (excludes halogenated alkanes) is 2. The maximum absolute atomic E-state index is 10.8. The molecule has 0 unspecified atom stereocenters. The lowest BCUT2D eigenvalue weighted by Gasteiger charge is -2.28. The number of hydrogen-bond acceptors (Lipinski definition) is 2. The molecule has 150 valence electrons. The van der Waals surface area contributed by atoms with Crippen LogP contribution in [0.15, 0.2) is 12.1 Å². The molecule has 26 heavy (non-hydrogen) atoms. The van der Waals surface area contributed by atoms with Crippen molar-refractivity contribution in [1.29, 1.82) is 0 Å². The maximum Gasteiger partial charge on any atom is 0.303 e. The molecular weight excluding hydrogens is 348 g/mol. The second-order valence-electron chi connectivity index (χ2n) is 8.83. The van der Waals surface area contributed by atoms with Crippen LogP contribution in [0.4, 0.5) is 0 Å². The number of alkyl halides is 1. The molecule has 0 aliphatic heterocycles. The SMILES string of the molecule is CC(C)(C)c1cc(CCC(=O)O)cc(C(C)(C)C)c1O.CCCCCCl. The van der Waals surface area contributed by atoms with E-state index in [1.807, 2.05) is 12.1 Å². The van der Waals surface area contributed by atoms with Gasteiger partial charge in [-0.15, -0.1) is 11.6 Å². The third-order valence-electron chi connectivity index (χ3n) is 4.15. The van der Waals surface area contributed by atoms with E-state index in [4.69, 9.17) is 16.7 Å². The molecule has 0 aromatic heterocycles. The van der Waals surface area contributed by atoms with E-state index in [-0.39, 0.29) is 17.3 Å². The summed E-state index contributed by atoms with van der Waals surface area (Å²) in [5.74, 6) is 0.366. The normalized spacial score (nSPS) is 11.7. The van der Waals surface area contributed by atoms with Crippen molar-refractivity contribution < 1.29 is 15.0 Å². The van der Waals surface area contributed by atoms with Gasteiger partial charge in [-0.25, -0.2) is 0 Å². The van der Waals surface area contributed by atoms with Crippen LogP contribution in [-0.4, -0.2) is 22.1 Å². The summed E-state index contributed by atoms with van der Waals surface area (Å²) in [7, 11) is 0. The van der Waals surface area contributed by atoms with Gasteiger partial charge in [-0.05, 0) is 40.4 Å². The van der Waals surface area contributed by atoms with E-state index in [0.717, 1.165) is 22.6 Å². The Morgan fingerprint density at radius 1 is 1.00 bits per heavy atom. The fourth-order valence-electron chi connectivity index (χ4n) is 2.58. The molecule has 4 heteroatoms. The van der Waals surface area contributed by atoms with Crippen molar-refractivity contribution in [2.45, 2.75) is 91.4 Å². The lowest BCUT2D eigenvalue weighted by atomic mass is 9.78. The van der Waals surface area contributed by atoms with E-state index in [2.05, 4.69) is 48.5 Å². The van der Waals surface area contributed by atoms with Gasteiger partial charge in [0.1, 0.15) is 5.75 Å².